The van der Waals surface area contributed by atoms with Crippen molar-refractivity contribution in [3.8, 4) is 0 Å². The Morgan fingerprint density at radius 1 is 1.08 bits per heavy atom. The highest BCUT2D eigenvalue weighted by Gasteiger charge is 2.14. The SMILES string of the molecule is CN(C)c1ccc(NC(=O)c2cc3cc(Br)ccc3oc2=O)cc1. The standard InChI is InChI=1S/C18H15BrN2O3/c1-21(2)14-6-4-13(5-7-14)20-17(22)15-10-11-9-12(19)3-8-16(11)24-18(15)23/h3-10H,1-2H3,(H,20,22). The molecule has 0 saturated carbocycles. The van der Waals surface area contributed by atoms with Gasteiger partial charge in [0, 0.05) is 35.3 Å². The van der Waals surface area contributed by atoms with E-state index in [4.69, 9.17) is 4.42 Å². The lowest BCUT2D eigenvalue weighted by molar-refractivity contribution is 0.102. The van der Waals surface area contributed by atoms with E-state index in [-0.39, 0.29) is 5.56 Å². The molecule has 1 aromatic heterocycles. The van der Waals surface area contributed by atoms with E-state index in [9.17, 15) is 9.59 Å². The Balaban J connectivity index is 1.90. The second-order valence-electron chi connectivity index (χ2n) is 5.53. The van der Waals surface area contributed by atoms with Crippen LogP contribution in [0.3, 0.4) is 0 Å². The number of rotatable bonds is 3. The zero-order valence-corrected chi connectivity index (χ0v) is 14.8. The molecule has 0 fully saturated rings. The van der Waals surface area contributed by atoms with Crippen LogP contribution in [0, 0.1) is 0 Å². The van der Waals surface area contributed by atoms with Crippen molar-refractivity contribution < 1.29 is 9.21 Å². The number of fused-ring (bicyclic) bond motifs is 1. The van der Waals surface area contributed by atoms with Gasteiger partial charge in [-0.15, -0.1) is 0 Å². The highest BCUT2D eigenvalue weighted by Crippen LogP contribution is 2.20. The van der Waals surface area contributed by atoms with Crippen LogP contribution in [0.5, 0.6) is 0 Å². The van der Waals surface area contributed by atoms with Gasteiger partial charge in [0.2, 0.25) is 0 Å². The molecule has 3 rings (SSSR count). The topological polar surface area (TPSA) is 62.6 Å². The van der Waals surface area contributed by atoms with Crippen molar-refractivity contribution in [3.05, 3.63) is 69.0 Å². The summed E-state index contributed by atoms with van der Waals surface area (Å²) in [5.41, 5.74) is 1.38. The molecule has 1 heterocycles. The van der Waals surface area contributed by atoms with Gasteiger partial charge in [-0.25, -0.2) is 4.79 Å². The Hall–Kier alpha value is -2.60. The number of hydrogen-bond donors (Lipinski definition) is 1. The smallest absolute Gasteiger partial charge is 0.349 e. The first-order valence-electron chi connectivity index (χ1n) is 7.26. The number of carbonyl (C=O) groups is 1. The van der Waals surface area contributed by atoms with Crippen molar-refractivity contribution in [2.45, 2.75) is 0 Å². The second-order valence-corrected chi connectivity index (χ2v) is 6.44. The van der Waals surface area contributed by atoms with Crippen LogP contribution in [-0.2, 0) is 0 Å². The molecule has 0 aliphatic heterocycles. The Bertz CT molecular complexity index is 962. The summed E-state index contributed by atoms with van der Waals surface area (Å²) in [7, 11) is 3.87. The summed E-state index contributed by atoms with van der Waals surface area (Å²) in [6.07, 6.45) is 0. The van der Waals surface area contributed by atoms with Crippen LogP contribution in [0.2, 0.25) is 0 Å². The zero-order chi connectivity index (χ0) is 17.3. The first kappa shape index (κ1) is 16.3. The molecule has 3 aromatic rings. The summed E-state index contributed by atoms with van der Waals surface area (Å²) < 4.78 is 6.06. The molecule has 1 N–H and O–H groups in total. The minimum Gasteiger partial charge on any atom is -0.422 e. The number of anilines is 2. The van der Waals surface area contributed by atoms with Crippen LogP contribution >= 0.6 is 15.9 Å². The third-order valence-electron chi connectivity index (χ3n) is 3.58. The fourth-order valence-electron chi connectivity index (χ4n) is 2.29. The van der Waals surface area contributed by atoms with Crippen molar-refractivity contribution in [2.75, 3.05) is 24.3 Å². The molecule has 5 nitrogen and oxygen atoms in total. The molecule has 122 valence electrons. The lowest BCUT2D eigenvalue weighted by Crippen LogP contribution is -2.20. The van der Waals surface area contributed by atoms with Crippen molar-refractivity contribution in [1.29, 1.82) is 0 Å². The van der Waals surface area contributed by atoms with Gasteiger partial charge < -0.3 is 14.6 Å². The summed E-state index contributed by atoms with van der Waals surface area (Å²) in [6, 6.07) is 14.1. The molecule has 0 atom stereocenters. The van der Waals surface area contributed by atoms with E-state index >= 15 is 0 Å². The molecule has 1 amide bonds. The van der Waals surface area contributed by atoms with Gasteiger partial charge in [0.1, 0.15) is 11.1 Å². The van der Waals surface area contributed by atoms with E-state index in [1.165, 1.54) is 6.07 Å². The van der Waals surface area contributed by atoms with E-state index in [1.54, 1.807) is 30.3 Å². The van der Waals surface area contributed by atoms with Crippen LogP contribution in [0.25, 0.3) is 11.0 Å². The van der Waals surface area contributed by atoms with Crippen LogP contribution in [0.1, 0.15) is 10.4 Å². The predicted octanol–water partition coefficient (Wildman–Crippen LogP) is 3.87. The maximum atomic E-state index is 12.4. The van der Waals surface area contributed by atoms with E-state index in [1.807, 2.05) is 31.1 Å². The first-order valence-corrected chi connectivity index (χ1v) is 8.05. The Labute approximate surface area is 147 Å². The second kappa shape index (κ2) is 6.49. The van der Waals surface area contributed by atoms with Crippen LogP contribution in [0.4, 0.5) is 11.4 Å². The van der Waals surface area contributed by atoms with Gasteiger partial charge in [-0.2, -0.15) is 0 Å². The number of amides is 1. The van der Waals surface area contributed by atoms with Gasteiger partial charge in [-0.05, 0) is 48.5 Å². The van der Waals surface area contributed by atoms with Crippen LogP contribution < -0.4 is 15.8 Å². The van der Waals surface area contributed by atoms with Crippen molar-refractivity contribution in [3.63, 3.8) is 0 Å². The third kappa shape index (κ3) is 3.33. The lowest BCUT2D eigenvalue weighted by Gasteiger charge is -2.13. The van der Waals surface area contributed by atoms with Gasteiger partial charge in [-0.3, -0.25) is 4.79 Å². The van der Waals surface area contributed by atoms with Gasteiger partial charge in [-0.1, -0.05) is 15.9 Å². The summed E-state index contributed by atoms with van der Waals surface area (Å²) in [5, 5.41) is 3.39. The Morgan fingerprint density at radius 3 is 2.46 bits per heavy atom. The highest BCUT2D eigenvalue weighted by atomic mass is 79.9. The molecule has 24 heavy (non-hydrogen) atoms. The number of nitrogens with zero attached hydrogens (tertiary/aromatic N) is 1. The first-order chi connectivity index (χ1) is 11.4. The molecular weight excluding hydrogens is 372 g/mol. The molecule has 0 unspecified atom stereocenters. The monoisotopic (exact) mass is 386 g/mol. The Kier molecular flexibility index (Phi) is 4.40. The lowest BCUT2D eigenvalue weighted by atomic mass is 10.1. The predicted molar refractivity (Wildman–Crippen MR) is 98.9 cm³/mol. The molecular formula is C18H15BrN2O3. The highest BCUT2D eigenvalue weighted by molar-refractivity contribution is 9.10. The molecule has 0 aliphatic rings. The third-order valence-corrected chi connectivity index (χ3v) is 4.07. The summed E-state index contributed by atoms with van der Waals surface area (Å²) in [5.74, 6) is -0.497. The summed E-state index contributed by atoms with van der Waals surface area (Å²) in [6.45, 7) is 0. The van der Waals surface area contributed by atoms with Gasteiger partial charge in [0.15, 0.2) is 0 Å². The van der Waals surface area contributed by atoms with E-state index in [0.717, 1.165) is 10.2 Å². The van der Waals surface area contributed by atoms with E-state index < -0.39 is 11.5 Å². The quantitative estimate of drug-likeness (QED) is 0.693. The Morgan fingerprint density at radius 2 is 1.79 bits per heavy atom. The van der Waals surface area contributed by atoms with Crippen LogP contribution in [-0.4, -0.2) is 20.0 Å². The minimum absolute atomic E-state index is 0.0303. The van der Waals surface area contributed by atoms with Gasteiger partial charge in [0.25, 0.3) is 5.91 Å². The van der Waals surface area contributed by atoms with Crippen LogP contribution in [0.15, 0.2) is 62.2 Å². The maximum absolute atomic E-state index is 12.4. The van der Waals surface area contributed by atoms with E-state index in [2.05, 4.69) is 21.2 Å². The number of nitrogens with one attached hydrogen (secondary N) is 1. The molecule has 0 bridgehead atoms. The van der Waals surface area contributed by atoms with Crippen molar-refractivity contribution >= 4 is 44.2 Å². The number of benzene rings is 2. The minimum atomic E-state index is -0.660. The molecule has 6 heteroatoms. The summed E-state index contributed by atoms with van der Waals surface area (Å²) >= 11 is 3.36. The molecule has 0 aliphatic carbocycles. The molecule has 0 radical (unpaired) electrons. The molecule has 2 aromatic carbocycles. The van der Waals surface area contributed by atoms with Gasteiger partial charge >= 0.3 is 5.63 Å². The summed E-state index contributed by atoms with van der Waals surface area (Å²) in [4.78, 5) is 26.4. The average Bonchev–Trinajstić information content (AvgIpc) is 2.55. The molecule has 0 spiro atoms. The van der Waals surface area contributed by atoms with Crippen molar-refractivity contribution in [1.82, 2.24) is 0 Å². The van der Waals surface area contributed by atoms with E-state index in [0.29, 0.717) is 16.7 Å². The maximum Gasteiger partial charge on any atom is 0.349 e. The zero-order valence-electron chi connectivity index (χ0n) is 13.2. The largest absolute Gasteiger partial charge is 0.422 e. The average molecular weight is 387 g/mol. The molecule has 0 saturated heterocycles. The fraction of sp³-hybridized carbons (Fsp3) is 0.111. The number of carbonyl (C=O) groups excluding carboxylic acids is 1. The number of hydrogen-bond acceptors (Lipinski definition) is 4. The normalized spacial score (nSPS) is 10.6. The number of halogens is 1. The van der Waals surface area contributed by atoms with Crippen molar-refractivity contribution in [2.24, 2.45) is 0 Å². The fourth-order valence-corrected chi connectivity index (χ4v) is 2.67. The van der Waals surface area contributed by atoms with Gasteiger partial charge in [0.05, 0.1) is 0 Å².